The molecule has 0 spiro atoms. The summed E-state index contributed by atoms with van der Waals surface area (Å²) in [5, 5.41) is 12.8. The monoisotopic (exact) mass is 271 g/mol. The van der Waals surface area contributed by atoms with Crippen molar-refractivity contribution in [1.82, 2.24) is 4.98 Å². The molecule has 0 saturated carbocycles. The van der Waals surface area contributed by atoms with Crippen LogP contribution in [0.15, 0.2) is 72.9 Å². The molecule has 0 unspecified atom stereocenters. The highest BCUT2D eigenvalue weighted by atomic mass is 16.3. The van der Waals surface area contributed by atoms with Crippen LogP contribution in [0.4, 0.5) is 0 Å². The number of fused-ring (bicyclic) bond motifs is 2. The number of phenolic OH excluding ortho intramolecular Hbond substituents is 1. The zero-order valence-corrected chi connectivity index (χ0v) is 11.3. The first kappa shape index (κ1) is 11.9. The van der Waals surface area contributed by atoms with Gasteiger partial charge in [-0.25, -0.2) is 0 Å². The van der Waals surface area contributed by atoms with E-state index in [2.05, 4.69) is 29.2 Å². The fourth-order valence-electron chi connectivity index (χ4n) is 2.64. The van der Waals surface area contributed by atoms with Crippen molar-refractivity contribution >= 4 is 21.7 Å². The third-order valence-electron chi connectivity index (χ3n) is 3.75. The molecule has 2 nitrogen and oxygen atoms in total. The Morgan fingerprint density at radius 3 is 2.38 bits per heavy atom. The van der Waals surface area contributed by atoms with Gasteiger partial charge in [0.1, 0.15) is 5.75 Å². The molecule has 21 heavy (non-hydrogen) atoms. The minimum Gasteiger partial charge on any atom is -0.508 e. The maximum atomic E-state index is 9.52. The van der Waals surface area contributed by atoms with E-state index in [0.717, 1.165) is 32.8 Å². The van der Waals surface area contributed by atoms with Crippen molar-refractivity contribution in [1.29, 1.82) is 0 Å². The lowest BCUT2D eigenvalue weighted by Crippen LogP contribution is -1.83. The van der Waals surface area contributed by atoms with Gasteiger partial charge < -0.3 is 5.11 Å². The van der Waals surface area contributed by atoms with Gasteiger partial charge in [0.25, 0.3) is 0 Å². The van der Waals surface area contributed by atoms with Gasteiger partial charge in [-0.1, -0.05) is 36.4 Å². The molecule has 2 heteroatoms. The number of aromatic hydroxyl groups is 1. The Balaban J connectivity index is 1.89. The van der Waals surface area contributed by atoms with Crippen molar-refractivity contribution in [2.24, 2.45) is 0 Å². The molecule has 1 heterocycles. The second kappa shape index (κ2) is 4.60. The van der Waals surface area contributed by atoms with E-state index in [0.29, 0.717) is 5.75 Å². The molecular formula is C19H13NO. The summed E-state index contributed by atoms with van der Waals surface area (Å²) in [5.41, 5.74) is 3.24. The number of benzene rings is 3. The SMILES string of the molecule is Oc1ccc2cc(-c3cnc4ccccc4c3)ccc2c1. The van der Waals surface area contributed by atoms with Crippen LogP contribution in [-0.4, -0.2) is 10.1 Å². The van der Waals surface area contributed by atoms with Gasteiger partial charge in [-0.15, -0.1) is 0 Å². The van der Waals surface area contributed by atoms with Crippen LogP contribution in [0.5, 0.6) is 5.75 Å². The molecule has 0 amide bonds. The van der Waals surface area contributed by atoms with Gasteiger partial charge in [-0.2, -0.15) is 0 Å². The van der Waals surface area contributed by atoms with Crippen molar-refractivity contribution in [3.63, 3.8) is 0 Å². The zero-order valence-electron chi connectivity index (χ0n) is 11.3. The Morgan fingerprint density at radius 2 is 1.43 bits per heavy atom. The molecule has 0 aliphatic heterocycles. The van der Waals surface area contributed by atoms with Crippen molar-refractivity contribution in [3.05, 3.63) is 72.9 Å². The smallest absolute Gasteiger partial charge is 0.116 e. The standard InChI is InChI=1S/C19H13NO/c21-18-8-7-13-9-14(5-6-15(13)11-18)17-10-16-3-1-2-4-19(16)20-12-17/h1-12,21H. The van der Waals surface area contributed by atoms with Crippen LogP contribution in [0.3, 0.4) is 0 Å². The van der Waals surface area contributed by atoms with Crippen LogP contribution in [0, 0.1) is 0 Å². The quantitative estimate of drug-likeness (QED) is 0.541. The highest BCUT2D eigenvalue weighted by Gasteiger charge is 2.03. The molecule has 0 aliphatic carbocycles. The first-order chi connectivity index (χ1) is 10.3. The fraction of sp³-hybridized carbons (Fsp3) is 0. The van der Waals surface area contributed by atoms with E-state index in [4.69, 9.17) is 0 Å². The number of nitrogens with zero attached hydrogens (tertiary/aromatic N) is 1. The lowest BCUT2D eigenvalue weighted by Gasteiger charge is -2.06. The van der Waals surface area contributed by atoms with Crippen molar-refractivity contribution in [3.8, 4) is 16.9 Å². The Morgan fingerprint density at radius 1 is 0.667 bits per heavy atom. The molecule has 0 radical (unpaired) electrons. The molecule has 0 fully saturated rings. The summed E-state index contributed by atoms with van der Waals surface area (Å²) in [5.74, 6) is 0.294. The van der Waals surface area contributed by atoms with Gasteiger partial charge in [0, 0.05) is 17.1 Å². The molecular weight excluding hydrogens is 258 g/mol. The number of hydrogen-bond donors (Lipinski definition) is 1. The van der Waals surface area contributed by atoms with Crippen molar-refractivity contribution in [2.75, 3.05) is 0 Å². The minimum atomic E-state index is 0.294. The summed E-state index contributed by atoms with van der Waals surface area (Å²) in [6.45, 7) is 0. The van der Waals surface area contributed by atoms with Crippen LogP contribution in [-0.2, 0) is 0 Å². The number of phenols is 1. The maximum Gasteiger partial charge on any atom is 0.116 e. The zero-order chi connectivity index (χ0) is 14.2. The fourth-order valence-corrected chi connectivity index (χ4v) is 2.64. The van der Waals surface area contributed by atoms with Crippen LogP contribution in [0.25, 0.3) is 32.8 Å². The molecule has 3 aromatic carbocycles. The number of para-hydroxylation sites is 1. The molecule has 100 valence electrons. The van der Waals surface area contributed by atoms with E-state index in [1.165, 1.54) is 0 Å². The average Bonchev–Trinajstić information content (AvgIpc) is 2.54. The second-order valence-corrected chi connectivity index (χ2v) is 5.16. The molecule has 1 aromatic heterocycles. The van der Waals surface area contributed by atoms with E-state index in [-0.39, 0.29) is 0 Å². The highest BCUT2D eigenvalue weighted by molar-refractivity contribution is 5.90. The van der Waals surface area contributed by atoms with Crippen LogP contribution in [0.1, 0.15) is 0 Å². The Kier molecular flexibility index (Phi) is 2.61. The number of aromatic nitrogens is 1. The van der Waals surface area contributed by atoms with Gasteiger partial charge in [-0.3, -0.25) is 4.98 Å². The lowest BCUT2D eigenvalue weighted by molar-refractivity contribution is 0.476. The summed E-state index contributed by atoms with van der Waals surface area (Å²) in [7, 11) is 0. The largest absolute Gasteiger partial charge is 0.508 e. The third-order valence-corrected chi connectivity index (χ3v) is 3.75. The first-order valence-electron chi connectivity index (χ1n) is 6.87. The van der Waals surface area contributed by atoms with Gasteiger partial charge >= 0.3 is 0 Å². The Hall–Kier alpha value is -2.87. The molecule has 0 aliphatic rings. The van der Waals surface area contributed by atoms with E-state index in [1.54, 1.807) is 12.1 Å². The Bertz CT molecular complexity index is 960. The summed E-state index contributed by atoms with van der Waals surface area (Å²) >= 11 is 0. The van der Waals surface area contributed by atoms with E-state index >= 15 is 0 Å². The summed E-state index contributed by atoms with van der Waals surface area (Å²) in [4.78, 5) is 4.51. The summed E-state index contributed by atoms with van der Waals surface area (Å²) in [6, 6.07) is 21.9. The third kappa shape index (κ3) is 2.11. The van der Waals surface area contributed by atoms with Crippen LogP contribution < -0.4 is 0 Å². The van der Waals surface area contributed by atoms with Gasteiger partial charge in [0.2, 0.25) is 0 Å². The van der Waals surface area contributed by atoms with E-state index < -0.39 is 0 Å². The number of pyridine rings is 1. The van der Waals surface area contributed by atoms with E-state index in [9.17, 15) is 5.11 Å². The van der Waals surface area contributed by atoms with Gasteiger partial charge in [0.15, 0.2) is 0 Å². The predicted molar refractivity (Wildman–Crippen MR) is 86.3 cm³/mol. The highest BCUT2D eigenvalue weighted by Crippen LogP contribution is 2.27. The number of hydrogen-bond acceptors (Lipinski definition) is 2. The topological polar surface area (TPSA) is 33.1 Å². The lowest BCUT2D eigenvalue weighted by atomic mass is 10.0. The molecule has 0 bridgehead atoms. The normalized spacial score (nSPS) is 11.0. The molecule has 0 saturated heterocycles. The van der Waals surface area contributed by atoms with Gasteiger partial charge in [-0.05, 0) is 46.7 Å². The molecule has 0 atom stereocenters. The summed E-state index contributed by atoms with van der Waals surface area (Å²) in [6.07, 6.45) is 1.91. The van der Waals surface area contributed by atoms with Crippen molar-refractivity contribution in [2.45, 2.75) is 0 Å². The second-order valence-electron chi connectivity index (χ2n) is 5.16. The van der Waals surface area contributed by atoms with Crippen LogP contribution >= 0.6 is 0 Å². The van der Waals surface area contributed by atoms with Crippen LogP contribution in [0.2, 0.25) is 0 Å². The van der Waals surface area contributed by atoms with Gasteiger partial charge in [0.05, 0.1) is 5.52 Å². The minimum absolute atomic E-state index is 0.294. The Labute approximate surface area is 122 Å². The molecule has 1 N–H and O–H groups in total. The van der Waals surface area contributed by atoms with Crippen molar-refractivity contribution < 1.29 is 5.11 Å². The maximum absolute atomic E-state index is 9.52. The summed E-state index contributed by atoms with van der Waals surface area (Å²) < 4.78 is 0. The number of rotatable bonds is 1. The van der Waals surface area contributed by atoms with E-state index in [1.807, 2.05) is 36.5 Å². The average molecular weight is 271 g/mol. The predicted octanol–water partition coefficient (Wildman–Crippen LogP) is 4.76. The first-order valence-corrected chi connectivity index (χ1v) is 6.87. The molecule has 4 aromatic rings. The molecule has 4 rings (SSSR count).